The van der Waals surface area contributed by atoms with Crippen molar-refractivity contribution in [3.05, 3.63) is 33.8 Å². The minimum atomic E-state index is -0.287. The van der Waals surface area contributed by atoms with E-state index in [1.165, 1.54) is 0 Å². The van der Waals surface area contributed by atoms with Gasteiger partial charge in [-0.2, -0.15) is 0 Å². The smallest absolute Gasteiger partial charge is 0.184 e. The van der Waals surface area contributed by atoms with Gasteiger partial charge in [-0.25, -0.2) is 0 Å². The molecule has 0 bridgehead atoms. The molecule has 0 N–H and O–H groups in total. The highest BCUT2D eigenvalue weighted by Crippen LogP contribution is 2.43. The van der Waals surface area contributed by atoms with E-state index < -0.39 is 0 Å². The molecule has 1 aliphatic heterocycles. The summed E-state index contributed by atoms with van der Waals surface area (Å²) in [5.41, 5.74) is 1.79. The van der Waals surface area contributed by atoms with Crippen molar-refractivity contribution < 1.29 is 14.3 Å². The topological polar surface area (TPSA) is 35.5 Å². The Hall–Kier alpha value is -0.710. The molecule has 0 amide bonds. The van der Waals surface area contributed by atoms with Crippen molar-refractivity contribution >= 4 is 22.2 Å². The van der Waals surface area contributed by atoms with Gasteiger partial charge in [-0.05, 0) is 36.6 Å². The van der Waals surface area contributed by atoms with Gasteiger partial charge in [0.25, 0.3) is 0 Å². The SMILES string of the molecule is O=CC1(c2cc(Br)cc(C3OCCO3)c2)CCC1. The van der Waals surface area contributed by atoms with Gasteiger partial charge in [0, 0.05) is 10.0 Å². The van der Waals surface area contributed by atoms with Gasteiger partial charge in [0.1, 0.15) is 6.29 Å². The maximum atomic E-state index is 11.4. The lowest BCUT2D eigenvalue weighted by Crippen LogP contribution is -2.35. The summed E-state index contributed by atoms with van der Waals surface area (Å²) in [6.45, 7) is 1.26. The summed E-state index contributed by atoms with van der Waals surface area (Å²) < 4.78 is 12.0. The number of aldehydes is 1. The van der Waals surface area contributed by atoms with Crippen LogP contribution in [0.5, 0.6) is 0 Å². The van der Waals surface area contributed by atoms with Crippen LogP contribution in [0.1, 0.15) is 36.7 Å². The average molecular weight is 311 g/mol. The van der Waals surface area contributed by atoms with Crippen LogP contribution in [0.15, 0.2) is 22.7 Å². The van der Waals surface area contributed by atoms with E-state index in [2.05, 4.69) is 15.9 Å². The van der Waals surface area contributed by atoms with E-state index in [4.69, 9.17) is 9.47 Å². The molecule has 0 spiro atoms. The number of carbonyl (C=O) groups excluding carboxylic acids is 1. The molecule has 18 heavy (non-hydrogen) atoms. The molecule has 1 saturated carbocycles. The van der Waals surface area contributed by atoms with Crippen LogP contribution in [0, 0.1) is 0 Å². The Morgan fingerprint density at radius 3 is 2.50 bits per heavy atom. The minimum Gasteiger partial charge on any atom is -0.346 e. The fourth-order valence-corrected chi connectivity index (χ4v) is 3.13. The van der Waals surface area contributed by atoms with Gasteiger partial charge >= 0.3 is 0 Å². The first-order chi connectivity index (χ1) is 8.73. The van der Waals surface area contributed by atoms with E-state index in [1.54, 1.807) is 0 Å². The summed E-state index contributed by atoms with van der Waals surface area (Å²) in [6.07, 6.45) is 3.82. The van der Waals surface area contributed by atoms with E-state index in [0.29, 0.717) is 13.2 Å². The fourth-order valence-electron chi connectivity index (χ4n) is 2.62. The summed E-state index contributed by atoms with van der Waals surface area (Å²) >= 11 is 3.51. The Morgan fingerprint density at radius 2 is 1.94 bits per heavy atom. The Morgan fingerprint density at radius 1 is 1.22 bits per heavy atom. The summed E-state index contributed by atoms with van der Waals surface area (Å²) in [7, 11) is 0. The quantitative estimate of drug-likeness (QED) is 0.805. The highest BCUT2D eigenvalue weighted by molar-refractivity contribution is 9.10. The lowest BCUT2D eigenvalue weighted by molar-refractivity contribution is -0.115. The summed E-state index contributed by atoms with van der Waals surface area (Å²) in [4.78, 5) is 11.4. The van der Waals surface area contributed by atoms with E-state index in [-0.39, 0.29) is 11.7 Å². The molecule has 2 aliphatic rings. The van der Waals surface area contributed by atoms with Gasteiger partial charge in [-0.15, -0.1) is 0 Å². The van der Waals surface area contributed by atoms with Crippen LogP contribution >= 0.6 is 15.9 Å². The number of hydrogen-bond donors (Lipinski definition) is 0. The van der Waals surface area contributed by atoms with Crippen LogP contribution in [-0.4, -0.2) is 19.5 Å². The molecular formula is C14H15BrO3. The molecule has 3 nitrogen and oxygen atoms in total. The van der Waals surface area contributed by atoms with E-state index >= 15 is 0 Å². The molecule has 1 aromatic rings. The summed E-state index contributed by atoms with van der Waals surface area (Å²) in [6, 6.07) is 6.08. The van der Waals surface area contributed by atoms with Crippen molar-refractivity contribution in [2.75, 3.05) is 13.2 Å². The predicted octanol–water partition coefficient (Wildman–Crippen LogP) is 3.12. The van der Waals surface area contributed by atoms with Crippen molar-refractivity contribution in [3.63, 3.8) is 0 Å². The standard InChI is InChI=1S/C14H15BrO3/c15-12-7-10(13-17-4-5-18-13)6-11(8-12)14(9-16)2-1-3-14/h6-9,13H,1-5H2. The van der Waals surface area contributed by atoms with Gasteiger partial charge in [0.2, 0.25) is 0 Å². The fraction of sp³-hybridized carbons (Fsp3) is 0.500. The molecule has 4 heteroatoms. The van der Waals surface area contributed by atoms with Crippen LogP contribution in [-0.2, 0) is 19.7 Å². The first-order valence-electron chi connectivity index (χ1n) is 6.24. The number of benzene rings is 1. The molecule has 0 aromatic heterocycles. The normalized spacial score (nSPS) is 22.7. The summed E-state index contributed by atoms with van der Waals surface area (Å²) in [5, 5.41) is 0. The first-order valence-corrected chi connectivity index (χ1v) is 7.03. The largest absolute Gasteiger partial charge is 0.346 e. The first kappa shape index (κ1) is 12.3. The van der Waals surface area contributed by atoms with Crippen LogP contribution in [0.2, 0.25) is 0 Å². The Balaban J connectivity index is 1.97. The van der Waals surface area contributed by atoms with Crippen molar-refractivity contribution in [1.29, 1.82) is 0 Å². The third-order valence-electron chi connectivity index (χ3n) is 3.86. The molecule has 2 fully saturated rings. The van der Waals surface area contributed by atoms with Crippen LogP contribution < -0.4 is 0 Å². The predicted molar refractivity (Wildman–Crippen MR) is 70.4 cm³/mol. The monoisotopic (exact) mass is 310 g/mol. The second-order valence-electron chi connectivity index (χ2n) is 4.97. The second kappa shape index (κ2) is 4.76. The molecule has 96 valence electrons. The summed E-state index contributed by atoms with van der Waals surface area (Å²) in [5.74, 6) is 0. The number of hydrogen-bond acceptors (Lipinski definition) is 3. The highest BCUT2D eigenvalue weighted by Gasteiger charge is 2.39. The zero-order valence-corrected chi connectivity index (χ0v) is 11.6. The van der Waals surface area contributed by atoms with Crippen LogP contribution in [0.4, 0.5) is 0 Å². The zero-order valence-electron chi connectivity index (χ0n) is 10.0. The molecule has 1 aromatic carbocycles. The second-order valence-corrected chi connectivity index (χ2v) is 5.89. The van der Waals surface area contributed by atoms with E-state index in [9.17, 15) is 4.79 Å². The maximum absolute atomic E-state index is 11.4. The highest BCUT2D eigenvalue weighted by atomic mass is 79.9. The lowest BCUT2D eigenvalue weighted by atomic mass is 9.65. The molecule has 0 unspecified atom stereocenters. The Labute approximate surface area is 115 Å². The van der Waals surface area contributed by atoms with Crippen molar-refractivity contribution in [1.82, 2.24) is 0 Å². The number of halogens is 1. The molecule has 0 radical (unpaired) electrons. The minimum absolute atomic E-state index is 0.281. The van der Waals surface area contributed by atoms with Crippen LogP contribution in [0.3, 0.4) is 0 Å². The Kier molecular flexibility index (Phi) is 3.26. The van der Waals surface area contributed by atoms with Gasteiger partial charge in [-0.3, -0.25) is 0 Å². The number of carbonyl (C=O) groups is 1. The van der Waals surface area contributed by atoms with Gasteiger partial charge in [0.05, 0.1) is 18.6 Å². The molecule has 1 aliphatic carbocycles. The van der Waals surface area contributed by atoms with Crippen molar-refractivity contribution in [2.45, 2.75) is 31.0 Å². The third-order valence-corrected chi connectivity index (χ3v) is 4.32. The van der Waals surface area contributed by atoms with Crippen LogP contribution in [0.25, 0.3) is 0 Å². The Bertz CT molecular complexity index is 462. The van der Waals surface area contributed by atoms with Gasteiger partial charge in [-0.1, -0.05) is 22.4 Å². The van der Waals surface area contributed by atoms with Gasteiger partial charge < -0.3 is 14.3 Å². The molecule has 1 saturated heterocycles. The number of ether oxygens (including phenoxy) is 2. The van der Waals surface area contributed by atoms with Gasteiger partial charge in [0.15, 0.2) is 6.29 Å². The van der Waals surface area contributed by atoms with E-state index in [0.717, 1.165) is 41.1 Å². The maximum Gasteiger partial charge on any atom is 0.184 e. The lowest BCUT2D eigenvalue weighted by Gasteiger charge is -2.37. The average Bonchev–Trinajstić information content (AvgIpc) is 2.81. The number of rotatable bonds is 3. The third kappa shape index (κ3) is 2.02. The zero-order chi connectivity index (χ0) is 12.6. The molecule has 0 atom stereocenters. The molecule has 3 rings (SSSR count). The molecular weight excluding hydrogens is 296 g/mol. The molecule has 1 heterocycles. The van der Waals surface area contributed by atoms with E-state index in [1.807, 2.05) is 18.2 Å². The van der Waals surface area contributed by atoms with Crippen molar-refractivity contribution in [3.8, 4) is 0 Å². The van der Waals surface area contributed by atoms with Crippen molar-refractivity contribution in [2.24, 2.45) is 0 Å².